The average Bonchev–Trinajstić information content (AvgIpc) is 2.72. The third-order valence-electron chi connectivity index (χ3n) is 2.27. The Bertz CT molecular complexity index is 495. The molecule has 0 unspecified atom stereocenters. The van der Waals surface area contributed by atoms with Gasteiger partial charge in [0.05, 0.1) is 0 Å². The van der Waals surface area contributed by atoms with Crippen molar-refractivity contribution in [2.75, 3.05) is 11.9 Å². The molecule has 4 nitrogen and oxygen atoms in total. The molecule has 0 fully saturated rings. The molecule has 0 saturated carbocycles. The molecule has 2 heterocycles. The number of pyridine rings is 1. The second-order valence-corrected chi connectivity index (χ2v) is 4.44. The largest absolute Gasteiger partial charge is 0.370 e. The fourth-order valence-electron chi connectivity index (χ4n) is 1.50. The Morgan fingerprint density at radius 3 is 3.19 bits per heavy atom. The van der Waals surface area contributed by atoms with E-state index in [1.165, 1.54) is 4.70 Å². The van der Waals surface area contributed by atoms with Gasteiger partial charge in [-0.2, -0.15) is 0 Å². The molecule has 0 atom stereocenters. The first kappa shape index (κ1) is 10.9. The number of rotatable bonds is 5. The summed E-state index contributed by atoms with van der Waals surface area (Å²) in [5.74, 6) is 0.617. The van der Waals surface area contributed by atoms with E-state index in [9.17, 15) is 4.79 Å². The van der Waals surface area contributed by atoms with Crippen LogP contribution in [0.1, 0.15) is 12.8 Å². The van der Waals surface area contributed by atoms with Gasteiger partial charge in [0.25, 0.3) is 0 Å². The van der Waals surface area contributed by atoms with Gasteiger partial charge in [0.15, 0.2) is 0 Å². The number of carbonyl (C=O) groups excluding carboxylic acids is 1. The second kappa shape index (κ2) is 4.94. The molecule has 2 aromatic heterocycles. The molecule has 0 aliphatic heterocycles. The molecule has 3 N–H and O–H groups in total. The molecular weight excluding hydrogens is 222 g/mol. The van der Waals surface area contributed by atoms with Gasteiger partial charge in [-0.15, -0.1) is 11.3 Å². The monoisotopic (exact) mass is 235 g/mol. The second-order valence-electron chi connectivity index (χ2n) is 3.49. The van der Waals surface area contributed by atoms with E-state index in [1.54, 1.807) is 17.5 Å². The number of nitrogens with zero attached hydrogens (tertiary/aromatic N) is 1. The zero-order valence-corrected chi connectivity index (χ0v) is 9.59. The third kappa shape index (κ3) is 2.49. The van der Waals surface area contributed by atoms with Gasteiger partial charge in [-0.1, -0.05) is 0 Å². The van der Waals surface area contributed by atoms with Gasteiger partial charge in [-0.3, -0.25) is 4.79 Å². The maximum atomic E-state index is 10.6. The van der Waals surface area contributed by atoms with E-state index < -0.39 is 0 Å². The molecule has 0 aromatic carbocycles. The number of thiophene rings is 1. The Morgan fingerprint density at radius 2 is 2.38 bits per heavy atom. The first-order valence-electron chi connectivity index (χ1n) is 5.12. The van der Waals surface area contributed by atoms with E-state index in [1.807, 2.05) is 17.5 Å². The first-order valence-corrected chi connectivity index (χ1v) is 6.00. The molecule has 2 aromatic rings. The van der Waals surface area contributed by atoms with E-state index in [0.29, 0.717) is 13.0 Å². The van der Waals surface area contributed by atoms with Crippen LogP contribution < -0.4 is 11.1 Å². The quantitative estimate of drug-likeness (QED) is 0.778. The summed E-state index contributed by atoms with van der Waals surface area (Å²) in [5, 5.41) is 6.39. The number of carbonyl (C=O) groups is 1. The van der Waals surface area contributed by atoms with E-state index in [2.05, 4.69) is 10.3 Å². The van der Waals surface area contributed by atoms with Crippen molar-refractivity contribution in [2.45, 2.75) is 12.8 Å². The van der Waals surface area contributed by atoms with Crippen LogP contribution >= 0.6 is 11.3 Å². The highest BCUT2D eigenvalue weighted by atomic mass is 32.1. The van der Waals surface area contributed by atoms with Crippen molar-refractivity contribution in [1.29, 1.82) is 0 Å². The number of anilines is 1. The van der Waals surface area contributed by atoms with Crippen molar-refractivity contribution in [3.63, 3.8) is 0 Å². The number of nitrogens with two attached hydrogens (primary N) is 1. The maximum absolute atomic E-state index is 10.6. The number of primary amides is 1. The Morgan fingerprint density at radius 1 is 1.50 bits per heavy atom. The Labute approximate surface area is 97.5 Å². The van der Waals surface area contributed by atoms with Crippen LogP contribution in [0.3, 0.4) is 0 Å². The van der Waals surface area contributed by atoms with Gasteiger partial charge in [0, 0.05) is 29.2 Å². The number of hydrogen-bond acceptors (Lipinski definition) is 4. The number of nitrogens with one attached hydrogen (secondary N) is 1. The number of hydrogen-bond donors (Lipinski definition) is 2. The van der Waals surface area contributed by atoms with E-state index >= 15 is 0 Å². The molecule has 16 heavy (non-hydrogen) atoms. The number of amides is 1. The van der Waals surface area contributed by atoms with Crippen LogP contribution in [0.15, 0.2) is 23.7 Å². The zero-order valence-electron chi connectivity index (χ0n) is 8.77. The standard InChI is InChI=1S/C11H13N3OS/c12-10(15)2-1-5-13-11-8-4-7-16-9(8)3-6-14-11/h3-4,6-7H,1-2,5H2,(H2,12,15)(H,13,14). The van der Waals surface area contributed by atoms with Crippen molar-refractivity contribution in [3.8, 4) is 0 Å². The fraction of sp³-hybridized carbons (Fsp3) is 0.273. The lowest BCUT2D eigenvalue weighted by Gasteiger charge is -2.05. The molecular formula is C11H13N3OS. The van der Waals surface area contributed by atoms with Crippen LogP contribution in [0.2, 0.25) is 0 Å². The minimum atomic E-state index is -0.261. The van der Waals surface area contributed by atoms with Gasteiger partial charge in [-0.25, -0.2) is 4.98 Å². The molecule has 0 saturated heterocycles. The molecule has 2 rings (SSSR count). The lowest BCUT2D eigenvalue weighted by molar-refractivity contribution is -0.118. The van der Waals surface area contributed by atoms with Crippen molar-refractivity contribution in [3.05, 3.63) is 23.7 Å². The van der Waals surface area contributed by atoms with E-state index in [-0.39, 0.29) is 5.91 Å². The van der Waals surface area contributed by atoms with E-state index in [4.69, 9.17) is 5.73 Å². The highest BCUT2D eigenvalue weighted by Gasteiger charge is 2.02. The van der Waals surface area contributed by atoms with Crippen LogP contribution in [0.25, 0.3) is 10.1 Å². The lowest BCUT2D eigenvalue weighted by atomic mass is 10.3. The summed E-state index contributed by atoms with van der Waals surface area (Å²) in [7, 11) is 0. The Balaban J connectivity index is 1.98. The number of aromatic nitrogens is 1. The van der Waals surface area contributed by atoms with E-state index in [0.717, 1.165) is 17.6 Å². The van der Waals surface area contributed by atoms with Crippen LogP contribution in [-0.2, 0) is 4.79 Å². The highest BCUT2D eigenvalue weighted by molar-refractivity contribution is 7.17. The molecule has 0 bridgehead atoms. The van der Waals surface area contributed by atoms with Gasteiger partial charge in [-0.05, 0) is 23.9 Å². The Kier molecular flexibility index (Phi) is 3.36. The molecule has 1 amide bonds. The molecule has 0 aliphatic rings. The summed E-state index contributed by atoms with van der Waals surface area (Å²) in [6.07, 6.45) is 2.93. The minimum Gasteiger partial charge on any atom is -0.370 e. The predicted molar refractivity (Wildman–Crippen MR) is 66.5 cm³/mol. The third-order valence-corrected chi connectivity index (χ3v) is 3.15. The SMILES string of the molecule is NC(=O)CCCNc1nccc2sccc12. The van der Waals surface area contributed by atoms with Crippen LogP contribution in [0, 0.1) is 0 Å². The topological polar surface area (TPSA) is 68.0 Å². The molecule has 0 radical (unpaired) electrons. The first-order chi connectivity index (χ1) is 7.77. The summed E-state index contributed by atoms with van der Waals surface area (Å²) < 4.78 is 1.22. The summed E-state index contributed by atoms with van der Waals surface area (Å²) in [6, 6.07) is 4.04. The fourth-order valence-corrected chi connectivity index (χ4v) is 2.29. The summed E-state index contributed by atoms with van der Waals surface area (Å²) >= 11 is 1.69. The predicted octanol–water partition coefficient (Wildman–Crippen LogP) is 1.97. The van der Waals surface area contributed by atoms with Crippen molar-refractivity contribution < 1.29 is 4.79 Å². The maximum Gasteiger partial charge on any atom is 0.217 e. The van der Waals surface area contributed by atoms with Gasteiger partial charge in [0.2, 0.25) is 5.91 Å². The van der Waals surface area contributed by atoms with Crippen LogP contribution in [-0.4, -0.2) is 17.4 Å². The van der Waals surface area contributed by atoms with Gasteiger partial charge in [0.1, 0.15) is 5.82 Å². The summed E-state index contributed by atoms with van der Waals surface area (Å²) in [6.45, 7) is 0.713. The van der Waals surface area contributed by atoms with Crippen molar-refractivity contribution in [1.82, 2.24) is 4.98 Å². The average molecular weight is 235 g/mol. The van der Waals surface area contributed by atoms with Crippen molar-refractivity contribution >= 4 is 33.1 Å². The Hall–Kier alpha value is -1.62. The van der Waals surface area contributed by atoms with Crippen molar-refractivity contribution in [2.24, 2.45) is 5.73 Å². The molecule has 0 aliphatic carbocycles. The highest BCUT2D eigenvalue weighted by Crippen LogP contribution is 2.25. The zero-order chi connectivity index (χ0) is 11.4. The molecule has 5 heteroatoms. The van der Waals surface area contributed by atoms with Gasteiger partial charge >= 0.3 is 0 Å². The summed E-state index contributed by atoms with van der Waals surface area (Å²) in [5.41, 5.74) is 5.07. The minimum absolute atomic E-state index is 0.261. The molecule has 0 spiro atoms. The van der Waals surface area contributed by atoms with Crippen LogP contribution in [0.4, 0.5) is 5.82 Å². The van der Waals surface area contributed by atoms with Gasteiger partial charge < -0.3 is 11.1 Å². The normalized spacial score (nSPS) is 10.5. The smallest absolute Gasteiger partial charge is 0.217 e. The number of fused-ring (bicyclic) bond motifs is 1. The van der Waals surface area contributed by atoms with Crippen LogP contribution in [0.5, 0.6) is 0 Å². The summed E-state index contributed by atoms with van der Waals surface area (Å²) in [4.78, 5) is 14.8. The molecule has 84 valence electrons. The lowest BCUT2D eigenvalue weighted by Crippen LogP contribution is -2.13.